The lowest BCUT2D eigenvalue weighted by Crippen LogP contribution is -2.30. The van der Waals surface area contributed by atoms with Gasteiger partial charge in [-0.1, -0.05) is 61.2 Å². The number of hydrogen-bond acceptors (Lipinski definition) is 2. The Morgan fingerprint density at radius 2 is 1.83 bits per heavy atom. The number of carbonyl (C=O) groups is 1. The number of aliphatic hydroxyl groups excluding tert-OH is 1. The van der Waals surface area contributed by atoms with E-state index in [1.165, 1.54) is 0 Å². The lowest BCUT2D eigenvalue weighted by molar-refractivity contribution is -0.146. The Hall–Kier alpha value is -1.39. The first-order valence-corrected chi connectivity index (χ1v) is 9.47. The van der Waals surface area contributed by atoms with E-state index in [4.69, 9.17) is 5.11 Å². The fourth-order valence-electron chi connectivity index (χ4n) is 1.63. The van der Waals surface area contributed by atoms with E-state index in [1.54, 1.807) is 0 Å². The minimum Gasteiger partial charge on any atom is -0.479 e. The molecule has 0 aliphatic heterocycles. The van der Waals surface area contributed by atoms with Gasteiger partial charge in [0.1, 0.15) is 0 Å². The fraction of sp³-hybridized carbons (Fsp3) is 0.357. The fourth-order valence-corrected chi connectivity index (χ4v) is 3.03. The minimum absolute atomic E-state index is 0.208. The van der Waals surface area contributed by atoms with Gasteiger partial charge in [0.15, 0.2) is 6.10 Å². The van der Waals surface area contributed by atoms with Crippen molar-refractivity contribution in [2.75, 3.05) is 0 Å². The van der Waals surface area contributed by atoms with Crippen molar-refractivity contribution in [3.8, 4) is 0 Å². The van der Waals surface area contributed by atoms with Gasteiger partial charge < -0.3 is 10.2 Å². The molecule has 1 atom stereocenters. The molecule has 1 aromatic rings. The summed E-state index contributed by atoms with van der Waals surface area (Å²) in [5.74, 6) is -1.16. The maximum atomic E-state index is 10.8. The first-order valence-electron chi connectivity index (χ1n) is 5.97. The quantitative estimate of drug-likeness (QED) is 0.804. The van der Waals surface area contributed by atoms with Crippen molar-refractivity contribution in [1.82, 2.24) is 0 Å². The summed E-state index contributed by atoms with van der Waals surface area (Å²) >= 11 is 0. The van der Waals surface area contributed by atoms with Gasteiger partial charge in [-0.05, 0) is 5.56 Å². The third kappa shape index (κ3) is 4.47. The summed E-state index contributed by atoms with van der Waals surface area (Å²) in [4.78, 5) is 10.8. The van der Waals surface area contributed by atoms with E-state index >= 15 is 0 Å². The van der Waals surface area contributed by atoms with Crippen LogP contribution in [0, 0.1) is 0 Å². The third-order valence-corrected chi connectivity index (χ3v) is 5.08. The summed E-state index contributed by atoms with van der Waals surface area (Å²) in [6, 6.07) is 9.79. The smallest absolute Gasteiger partial charge is 0.332 e. The van der Waals surface area contributed by atoms with Crippen LogP contribution in [-0.4, -0.2) is 30.4 Å². The van der Waals surface area contributed by atoms with Crippen molar-refractivity contribution < 1.29 is 15.0 Å². The van der Waals surface area contributed by atoms with Crippen LogP contribution in [0.5, 0.6) is 0 Å². The second kappa shape index (κ2) is 5.98. The average Bonchev–Trinajstić information content (AvgIpc) is 2.28. The van der Waals surface area contributed by atoms with Crippen molar-refractivity contribution in [3.05, 3.63) is 41.1 Å². The van der Waals surface area contributed by atoms with E-state index in [0.717, 1.165) is 10.8 Å². The molecule has 0 fully saturated rings. The lowest BCUT2D eigenvalue weighted by Gasteiger charge is -2.22. The maximum Gasteiger partial charge on any atom is 0.332 e. The third-order valence-electron chi connectivity index (χ3n) is 2.80. The second-order valence-corrected chi connectivity index (χ2v) is 10.5. The average molecular weight is 264 g/mol. The molecule has 0 amide bonds. The van der Waals surface area contributed by atoms with Gasteiger partial charge in [0, 0.05) is 6.42 Å². The Bertz CT molecular complexity index is 432. The van der Waals surface area contributed by atoms with Crippen LogP contribution in [0.4, 0.5) is 0 Å². The molecule has 3 nitrogen and oxygen atoms in total. The van der Waals surface area contributed by atoms with Crippen molar-refractivity contribution in [3.63, 3.8) is 0 Å². The molecule has 0 aliphatic rings. The van der Waals surface area contributed by atoms with Crippen LogP contribution in [0.2, 0.25) is 19.6 Å². The molecule has 0 bridgehead atoms. The minimum atomic E-state index is -1.64. The van der Waals surface area contributed by atoms with Crippen LogP contribution in [0.3, 0.4) is 0 Å². The van der Waals surface area contributed by atoms with Gasteiger partial charge >= 0.3 is 5.97 Å². The second-order valence-electron chi connectivity index (χ2n) is 5.39. The number of rotatable bonds is 5. The molecule has 0 aliphatic carbocycles. The van der Waals surface area contributed by atoms with E-state index in [-0.39, 0.29) is 6.42 Å². The molecule has 0 saturated heterocycles. The van der Waals surface area contributed by atoms with Crippen LogP contribution in [0.15, 0.2) is 35.5 Å². The number of carboxylic acids is 1. The maximum absolute atomic E-state index is 10.8. The number of hydrogen-bond donors (Lipinski definition) is 2. The monoisotopic (exact) mass is 264 g/mol. The largest absolute Gasteiger partial charge is 0.479 e. The van der Waals surface area contributed by atoms with E-state index in [1.807, 2.05) is 36.4 Å². The van der Waals surface area contributed by atoms with Gasteiger partial charge in [0.2, 0.25) is 0 Å². The van der Waals surface area contributed by atoms with Crippen LogP contribution in [-0.2, 0) is 4.79 Å². The number of benzene rings is 1. The molecule has 2 N–H and O–H groups in total. The predicted octanol–water partition coefficient (Wildman–Crippen LogP) is 2.78. The Morgan fingerprint density at radius 3 is 2.28 bits per heavy atom. The number of aliphatic hydroxyl groups is 1. The molecule has 1 rings (SSSR count). The topological polar surface area (TPSA) is 57.5 Å². The van der Waals surface area contributed by atoms with Crippen molar-refractivity contribution in [1.29, 1.82) is 0 Å². The van der Waals surface area contributed by atoms with E-state index in [0.29, 0.717) is 0 Å². The molecule has 0 radical (unpaired) electrons. The van der Waals surface area contributed by atoms with Gasteiger partial charge in [-0.2, -0.15) is 0 Å². The molecule has 98 valence electrons. The van der Waals surface area contributed by atoms with Gasteiger partial charge in [-0.3, -0.25) is 0 Å². The predicted molar refractivity (Wildman–Crippen MR) is 76.0 cm³/mol. The molecular formula is C14H20O3Si. The van der Waals surface area contributed by atoms with Gasteiger partial charge in [0.05, 0.1) is 8.07 Å². The van der Waals surface area contributed by atoms with Gasteiger partial charge in [-0.25, -0.2) is 4.79 Å². The van der Waals surface area contributed by atoms with E-state index < -0.39 is 20.1 Å². The highest BCUT2D eigenvalue weighted by Crippen LogP contribution is 2.23. The first-order chi connectivity index (χ1) is 8.30. The molecule has 1 unspecified atom stereocenters. The highest BCUT2D eigenvalue weighted by molar-refractivity contribution is 6.83. The highest BCUT2D eigenvalue weighted by atomic mass is 28.3. The lowest BCUT2D eigenvalue weighted by atomic mass is 10.1. The zero-order valence-electron chi connectivity index (χ0n) is 11.1. The summed E-state index contributed by atoms with van der Waals surface area (Å²) in [5.41, 5.74) is 1.05. The van der Waals surface area contributed by atoms with Gasteiger partial charge in [-0.15, -0.1) is 0 Å². The molecule has 0 heterocycles. The zero-order chi connectivity index (χ0) is 13.8. The highest BCUT2D eigenvalue weighted by Gasteiger charge is 2.24. The number of carboxylic acid groups (broad SMARTS) is 1. The Balaban J connectivity index is 3.00. The van der Waals surface area contributed by atoms with Crippen molar-refractivity contribution in [2.24, 2.45) is 0 Å². The molecule has 18 heavy (non-hydrogen) atoms. The van der Waals surface area contributed by atoms with Crippen LogP contribution in [0.1, 0.15) is 12.0 Å². The summed E-state index contributed by atoms with van der Waals surface area (Å²) in [5, 5.41) is 19.4. The Labute approximate surface area is 109 Å². The summed E-state index contributed by atoms with van der Waals surface area (Å²) in [6.07, 6.45) is 0.907. The first kappa shape index (κ1) is 14.7. The summed E-state index contributed by atoms with van der Waals surface area (Å²) in [6.45, 7) is 6.45. The van der Waals surface area contributed by atoms with Crippen LogP contribution < -0.4 is 0 Å². The Kier molecular flexibility index (Phi) is 4.87. The van der Waals surface area contributed by atoms with E-state index in [2.05, 4.69) is 19.6 Å². The standard InChI is InChI=1S/C14H20O3Si/c1-18(2,3)12(10-13(15)14(16)17)9-11-7-5-4-6-8-11/h4-9,13,15H,10H2,1-3H3,(H,16,17). The Morgan fingerprint density at radius 1 is 1.28 bits per heavy atom. The van der Waals surface area contributed by atoms with Crippen LogP contribution >= 0.6 is 0 Å². The zero-order valence-corrected chi connectivity index (χ0v) is 12.1. The SMILES string of the molecule is C[Si](C)(C)C(=Cc1ccccc1)CC(O)C(=O)O. The van der Waals surface area contributed by atoms with Crippen molar-refractivity contribution >= 4 is 20.1 Å². The molecular weight excluding hydrogens is 244 g/mol. The molecule has 0 spiro atoms. The summed E-state index contributed by atoms with van der Waals surface area (Å²) < 4.78 is 0. The molecule has 4 heteroatoms. The molecule has 0 saturated carbocycles. The molecule has 1 aromatic carbocycles. The normalized spacial score (nSPS) is 14.3. The number of aliphatic carboxylic acids is 1. The van der Waals surface area contributed by atoms with E-state index in [9.17, 15) is 9.90 Å². The summed E-state index contributed by atoms with van der Waals surface area (Å²) in [7, 11) is -1.64. The van der Waals surface area contributed by atoms with Crippen molar-refractivity contribution in [2.45, 2.75) is 32.2 Å². The molecule has 0 aromatic heterocycles. The van der Waals surface area contributed by atoms with Gasteiger partial charge in [0.25, 0.3) is 0 Å². The van der Waals surface area contributed by atoms with Crippen LogP contribution in [0.25, 0.3) is 6.08 Å².